The molecule has 0 saturated heterocycles. The maximum absolute atomic E-state index is 10.1. The Morgan fingerprint density at radius 3 is 2.67 bits per heavy atom. The number of phenolic OH excluding ortho intramolecular Hbond substituents is 1. The maximum atomic E-state index is 10.1. The lowest BCUT2D eigenvalue weighted by Crippen LogP contribution is -1.86. The molecule has 3 aromatic carbocycles. The van der Waals surface area contributed by atoms with E-state index in [0.717, 1.165) is 27.9 Å². The van der Waals surface area contributed by atoms with Crippen LogP contribution in [0, 0.1) is 10.5 Å². The van der Waals surface area contributed by atoms with Gasteiger partial charge in [0.25, 0.3) is 0 Å². The minimum absolute atomic E-state index is 0.169. The zero-order valence-electron chi connectivity index (χ0n) is 14.3. The van der Waals surface area contributed by atoms with Gasteiger partial charge in [0.1, 0.15) is 11.3 Å². The number of aliphatic imine (C=N–C) groups is 1. The van der Waals surface area contributed by atoms with Crippen molar-refractivity contribution in [2.75, 3.05) is 0 Å². The monoisotopic (exact) mass is 488 g/mol. The van der Waals surface area contributed by atoms with E-state index in [9.17, 15) is 5.11 Å². The molecule has 0 radical (unpaired) electrons. The first-order chi connectivity index (χ1) is 13.0. The molecule has 0 fully saturated rings. The summed E-state index contributed by atoms with van der Waals surface area (Å²) in [6, 6.07) is 16.9. The SMILES string of the molecule is Cc1ccc2nc(-c3ccc(N=Cc4cc(Cl)cc(I)c4O)cc3)oc2c1. The molecule has 1 N–H and O–H groups in total. The minimum Gasteiger partial charge on any atom is -0.506 e. The van der Waals surface area contributed by atoms with Crippen molar-refractivity contribution in [3.8, 4) is 17.2 Å². The van der Waals surface area contributed by atoms with Crippen molar-refractivity contribution in [2.24, 2.45) is 4.99 Å². The summed E-state index contributed by atoms with van der Waals surface area (Å²) in [6.07, 6.45) is 1.60. The van der Waals surface area contributed by atoms with Crippen LogP contribution in [-0.4, -0.2) is 16.3 Å². The molecule has 0 aliphatic rings. The molecule has 0 amide bonds. The van der Waals surface area contributed by atoms with Crippen LogP contribution < -0.4 is 0 Å². The van der Waals surface area contributed by atoms with Crippen LogP contribution >= 0.6 is 34.2 Å². The average molecular weight is 489 g/mol. The molecule has 1 heterocycles. The molecule has 4 rings (SSSR count). The summed E-state index contributed by atoms with van der Waals surface area (Å²) < 4.78 is 6.53. The molecule has 0 bridgehead atoms. The highest BCUT2D eigenvalue weighted by atomic mass is 127. The number of rotatable bonds is 3. The van der Waals surface area contributed by atoms with Gasteiger partial charge in [0.05, 0.1) is 9.26 Å². The van der Waals surface area contributed by atoms with Crippen molar-refractivity contribution in [1.82, 2.24) is 4.98 Å². The van der Waals surface area contributed by atoms with E-state index in [2.05, 4.69) is 9.98 Å². The quantitative estimate of drug-likeness (QED) is 0.264. The second kappa shape index (κ2) is 7.32. The van der Waals surface area contributed by atoms with Crippen LogP contribution in [0.1, 0.15) is 11.1 Å². The third-order valence-electron chi connectivity index (χ3n) is 4.07. The number of hydrogen-bond acceptors (Lipinski definition) is 4. The maximum Gasteiger partial charge on any atom is 0.227 e. The van der Waals surface area contributed by atoms with Gasteiger partial charge in [-0.1, -0.05) is 17.7 Å². The molecule has 134 valence electrons. The second-order valence-electron chi connectivity index (χ2n) is 6.12. The Morgan fingerprint density at radius 2 is 1.89 bits per heavy atom. The van der Waals surface area contributed by atoms with Gasteiger partial charge in [-0.2, -0.15) is 0 Å². The highest BCUT2D eigenvalue weighted by Gasteiger charge is 2.09. The molecule has 0 spiro atoms. The molecule has 0 aliphatic carbocycles. The van der Waals surface area contributed by atoms with Gasteiger partial charge in [0.15, 0.2) is 5.58 Å². The summed E-state index contributed by atoms with van der Waals surface area (Å²) in [5.41, 5.74) is 4.95. The van der Waals surface area contributed by atoms with Crippen LogP contribution in [-0.2, 0) is 0 Å². The van der Waals surface area contributed by atoms with E-state index >= 15 is 0 Å². The molecule has 4 aromatic rings. The van der Waals surface area contributed by atoms with E-state index in [1.54, 1.807) is 18.3 Å². The molecular weight excluding hydrogens is 475 g/mol. The number of nitrogens with zero attached hydrogens (tertiary/aromatic N) is 2. The fourth-order valence-electron chi connectivity index (χ4n) is 2.67. The number of hydrogen-bond donors (Lipinski definition) is 1. The highest BCUT2D eigenvalue weighted by molar-refractivity contribution is 14.1. The molecule has 0 atom stereocenters. The van der Waals surface area contributed by atoms with Crippen molar-refractivity contribution in [3.05, 3.63) is 74.3 Å². The Labute approximate surface area is 174 Å². The first kappa shape index (κ1) is 18.0. The van der Waals surface area contributed by atoms with Gasteiger partial charge >= 0.3 is 0 Å². The summed E-state index contributed by atoms with van der Waals surface area (Å²) in [5.74, 6) is 0.746. The van der Waals surface area contributed by atoms with Gasteiger partial charge < -0.3 is 9.52 Å². The van der Waals surface area contributed by atoms with Crippen molar-refractivity contribution in [2.45, 2.75) is 6.92 Å². The Kier molecular flexibility index (Phi) is 4.88. The van der Waals surface area contributed by atoms with E-state index in [0.29, 0.717) is 20.0 Å². The largest absolute Gasteiger partial charge is 0.506 e. The average Bonchev–Trinajstić information content (AvgIpc) is 3.07. The van der Waals surface area contributed by atoms with Gasteiger partial charge in [0, 0.05) is 22.4 Å². The Bertz CT molecular complexity index is 1170. The minimum atomic E-state index is 0.169. The third-order valence-corrected chi connectivity index (χ3v) is 5.11. The first-order valence-corrected chi connectivity index (χ1v) is 9.65. The lowest BCUT2D eigenvalue weighted by atomic mass is 10.2. The van der Waals surface area contributed by atoms with Crippen LogP contribution in [0.25, 0.3) is 22.6 Å². The molecule has 27 heavy (non-hydrogen) atoms. The van der Waals surface area contributed by atoms with Crippen LogP contribution in [0.2, 0.25) is 5.02 Å². The highest BCUT2D eigenvalue weighted by Crippen LogP contribution is 2.29. The van der Waals surface area contributed by atoms with Crippen LogP contribution in [0.4, 0.5) is 5.69 Å². The molecule has 6 heteroatoms. The molecular formula is C21H14ClIN2O2. The number of aromatic nitrogens is 1. The van der Waals surface area contributed by atoms with Gasteiger partial charge in [-0.15, -0.1) is 0 Å². The lowest BCUT2D eigenvalue weighted by Gasteiger charge is -2.03. The van der Waals surface area contributed by atoms with Crippen LogP contribution in [0.15, 0.2) is 64.0 Å². The summed E-state index contributed by atoms with van der Waals surface area (Å²) >= 11 is 8.08. The second-order valence-corrected chi connectivity index (χ2v) is 7.72. The zero-order valence-corrected chi connectivity index (χ0v) is 17.2. The fourth-order valence-corrected chi connectivity index (χ4v) is 3.73. The summed E-state index contributed by atoms with van der Waals surface area (Å²) in [6.45, 7) is 2.02. The van der Waals surface area contributed by atoms with Gasteiger partial charge in [0.2, 0.25) is 5.89 Å². The number of benzene rings is 3. The predicted molar refractivity (Wildman–Crippen MR) is 117 cm³/mol. The van der Waals surface area contributed by atoms with Gasteiger partial charge in [-0.3, -0.25) is 4.99 Å². The number of aryl methyl sites for hydroxylation is 1. The van der Waals surface area contributed by atoms with Crippen LogP contribution in [0.3, 0.4) is 0 Å². The third kappa shape index (κ3) is 3.84. The topological polar surface area (TPSA) is 58.6 Å². The van der Waals surface area contributed by atoms with E-state index < -0.39 is 0 Å². The predicted octanol–water partition coefficient (Wildman–Crippen LogP) is 6.52. The molecule has 4 nitrogen and oxygen atoms in total. The zero-order chi connectivity index (χ0) is 19.0. The summed E-state index contributed by atoms with van der Waals surface area (Å²) in [4.78, 5) is 8.94. The Morgan fingerprint density at radius 1 is 1.11 bits per heavy atom. The summed E-state index contributed by atoms with van der Waals surface area (Å²) in [5, 5.41) is 10.7. The Hall–Kier alpha value is -2.38. The van der Waals surface area contributed by atoms with Gasteiger partial charge in [-0.05, 0) is 83.6 Å². The number of fused-ring (bicyclic) bond motifs is 1. The van der Waals surface area contributed by atoms with E-state index in [1.807, 2.05) is 72.0 Å². The molecule has 1 aromatic heterocycles. The van der Waals surface area contributed by atoms with Crippen molar-refractivity contribution in [3.63, 3.8) is 0 Å². The number of phenols is 1. The summed E-state index contributed by atoms with van der Waals surface area (Å²) in [7, 11) is 0. The molecule has 0 aliphatic heterocycles. The van der Waals surface area contributed by atoms with Crippen molar-refractivity contribution >= 4 is 57.2 Å². The lowest BCUT2D eigenvalue weighted by molar-refractivity contribution is 0.470. The number of aromatic hydroxyl groups is 1. The Balaban J connectivity index is 1.60. The normalized spacial score (nSPS) is 11.5. The van der Waals surface area contributed by atoms with Crippen molar-refractivity contribution in [1.29, 1.82) is 0 Å². The van der Waals surface area contributed by atoms with Crippen LogP contribution in [0.5, 0.6) is 5.75 Å². The van der Waals surface area contributed by atoms with Gasteiger partial charge in [-0.25, -0.2) is 4.98 Å². The van der Waals surface area contributed by atoms with E-state index in [-0.39, 0.29) is 5.75 Å². The smallest absolute Gasteiger partial charge is 0.227 e. The molecule has 0 unspecified atom stereocenters. The number of oxazole rings is 1. The first-order valence-electron chi connectivity index (χ1n) is 8.19. The molecule has 0 saturated carbocycles. The van der Waals surface area contributed by atoms with Crippen molar-refractivity contribution < 1.29 is 9.52 Å². The van der Waals surface area contributed by atoms with E-state index in [4.69, 9.17) is 16.0 Å². The number of halogens is 2. The van der Waals surface area contributed by atoms with E-state index in [1.165, 1.54) is 0 Å². The fraction of sp³-hybridized carbons (Fsp3) is 0.0476. The standard InChI is InChI=1S/C21H14ClIN2O2/c1-12-2-7-18-19(8-12)27-21(25-18)13-3-5-16(6-4-13)24-11-14-9-15(22)10-17(23)20(14)26/h2-11,26H,1H3.